The monoisotopic (exact) mass is 427 g/mol. The van der Waals surface area contributed by atoms with Gasteiger partial charge in [0.15, 0.2) is 0 Å². The summed E-state index contributed by atoms with van der Waals surface area (Å²) in [4.78, 5) is 12.0. The Morgan fingerprint density at radius 2 is 2.27 bits per heavy atom. The molecule has 2 unspecified atom stereocenters. The van der Waals surface area contributed by atoms with Crippen molar-refractivity contribution >= 4 is 5.97 Å². The van der Waals surface area contributed by atoms with Gasteiger partial charge in [0, 0.05) is 0 Å². The molecular formula is C14H22INO6-2. The Hall–Kier alpha value is -0.520. The van der Waals surface area contributed by atoms with Crippen LogP contribution in [0.25, 0.3) is 0 Å². The standard InChI is InChI=1S/C14H22INO6/c1-10-8-11(15-16(20)21)5-6-13(10)14(19)22-7-3-2-4-12(18)9-17/h5-6,8,10,12-13,17-18,20H,2-4,7,9H2,1H3/q-2/t10?,12-,13?/m1/s1. The Kier molecular flexibility index (Phi) is 9.13. The van der Waals surface area contributed by atoms with Crippen molar-refractivity contribution in [2.45, 2.75) is 32.3 Å². The van der Waals surface area contributed by atoms with Gasteiger partial charge in [-0.05, 0) is 0 Å². The Balaban J connectivity index is 2.29. The molecule has 0 aliphatic heterocycles. The molecule has 0 bridgehead atoms. The number of esters is 1. The van der Waals surface area contributed by atoms with Gasteiger partial charge in [0.2, 0.25) is 0 Å². The van der Waals surface area contributed by atoms with Crippen LogP contribution in [0, 0.1) is 17.0 Å². The number of nitrogens with zero attached hydrogens (tertiary/aromatic N) is 1. The first-order valence-electron chi connectivity index (χ1n) is 7.11. The molecule has 0 spiro atoms. The maximum absolute atomic E-state index is 12.0. The van der Waals surface area contributed by atoms with Gasteiger partial charge < -0.3 is 5.11 Å². The summed E-state index contributed by atoms with van der Waals surface area (Å²) in [5.41, 5.74) is 0. The zero-order valence-corrected chi connectivity index (χ0v) is 14.5. The van der Waals surface area contributed by atoms with E-state index in [9.17, 15) is 15.1 Å². The normalized spacial score (nSPS) is 22.7. The van der Waals surface area contributed by atoms with Gasteiger partial charge in [-0.25, -0.2) is 0 Å². The van der Waals surface area contributed by atoms with E-state index in [2.05, 4.69) is 0 Å². The van der Waals surface area contributed by atoms with Crippen LogP contribution in [0.4, 0.5) is 0 Å². The van der Waals surface area contributed by atoms with E-state index in [1.807, 2.05) is 13.0 Å². The third-order valence-electron chi connectivity index (χ3n) is 3.28. The van der Waals surface area contributed by atoms with Crippen molar-refractivity contribution in [1.29, 1.82) is 0 Å². The Bertz CT molecular complexity index is 412. The van der Waals surface area contributed by atoms with Crippen molar-refractivity contribution in [3.8, 4) is 0 Å². The summed E-state index contributed by atoms with van der Waals surface area (Å²) in [6, 6.07) is 0. The summed E-state index contributed by atoms with van der Waals surface area (Å²) in [6.07, 6.45) is 6.30. The first kappa shape index (κ1) is 19.5. The van der Waals surface area contributed by atoms with Crippen LogP contribution in [0.1, 0.15) is 26.2 Å². The molecule has 3 N–H and O–H groups in total. The van der Waals surface area contributed by atoms with E-state index in [0.717, 1.165) is 3.58 Å². The molecule has 0 aromatic heterocycles. The molecule has 1 aliphatic rings. The third kappa shape index (κ3) is 7.16. The van der Waals surface area contributed by atoms with E-state index < -0.39 is 27.6 Å². The first-order chi connectivity index (χ1) is 10.4. The average molecular weight is 427 g/mol. The average Bonchev–Trinajstić information content (AvgIpc) is 2.45. The number of carbonyl (C=O) groups excluding carboxylic acids is 1. The number of unbranched alkanes of at least 4 members (excludes halogenated alkanes) is 1. The van der Waals surface area contributed by atoms with E-state index >= 15 is 0 Å². The molecule has 0 amide bonds. The number of hydrogen-bond donors (Lipinski definition) is 3. The number of aliphatic hydroxyl groups is 2. The molecule has 0 heterocycles. The van der Waals surface area contributed by atoms with E-state index in [0.29, 0.717) is 19.3 Å². The smallest absolute Gasteiger partial charge is 0.394 e. The van der Waals surface area contributed by atoms with Crippen LogP contribution in [0.15, 0.2) is 21.8 Å². The summed E-state index contributed by atoms with van der Waals surface area (Å²) in [5, 5.41) is 37.2. The predicted molar refractivity (Wildman–Crippen MR) is 74.8 cm³/mol. The molecule has 0 saturated heterocycles. The van der Waals surface area contributed by atoms with Crippen molar-refractivity contribution < 1.29 is 46.4 Å². The van der Waals surface area contributed by atoms with Crippen molar-refractivity contribution in [2.75, 3.05) is 13.2 Å². The second-order valence-corrected chi connectivity index (χ2v) is 7.66. The minimum atomic E-state index is -1.14. The Morgan fingerprint density at radius 3 is 2.86 bits per heavy atom. The molecule has 0 saturated carbocycles. The summed E-state index contributed by atoms with van der Waals surface area (Å²) < 4.78 is 5.94. The summed E-state index contributed by atoms with van der Waals surface area (Å²) >= 11 is -1.14. The number of halogens is 1. The molecule has 1 rings (SSSR count). The van der Waals surface area contributed by atoms with Crippen LogP contribution in [-0.4, -0.2) is 44.1 Å². The van der Waals surface area contributed by atoms with Gasteiger partial charge >= 0.3 is 135 Å². The molecule has 1 aliphatic carbocycles. The summed E-state index contributed by atoms with van der Waals surface area (Å²) in [6.45, 7) is 1.89. The van der Waals surface area contributed by atoms with E-state index in [1.54, 1.807) is 12.2 Å². The number of aliphatic hydroxyl groups excluding tert-OH is 2. The molecule has 128 valence electrons. The second-order valence-electron chi connectivity index (χ2n) is 5.11. The third-order valence-corrected chi connectivity index (χ3v) is 4.97. The molecule has 3 atom stereocenters. The number of hydrogen-bond acceptors (Lipinski definition) is 7. The quantitative estimate of drug-likeness (QED) is 0.128. The Morgan fingerprint density at radius 1 is 1.55 bits per heavy atom. The van der Waals surface area contributed by atoms with Crippen LogP contribution in [0.2, 0.25) is 0 Å². The van der Waals surface area contributed by atoms with Crippen molar-refractivity contribution in [3.05, 3.63) is 27.0 Å². The van der Waals surface area contributed by atoms with Crippen LogP contribution >= 0.6 is 0 Å². The first-order valence-corrected chi connectivity index (χ1v) is 9.15. The molecular weight excluding hydrogens is 405 g/mol. The topological polar surface area (TPSA) is 113 Å². The number of ether oxygens (including phenoxy) is 1. The summed E-state index contributed by atoms with van der Waals surface area (Å²) in [5.74, 6) is -0.777. The SMILES string of the molecule is CC1C=C([I-]N([O-])O)C=CC1C(=O)OCCCC[C@@H](O)CO. The summed E-state index contributed by atoms with van der Waals surface area (Å²) in [7, 11) is 0. The van der Waals surface area contributed by atoms with Gasteiger partial charge in [-0.2, -0.15) is 0 Å². The van der Waals surface area contributed by atoms with Gasteiger partial charge in [0.05, 0.1) is 0 Å². The van der Waals surface area contributed by atoms with Crippen LogP contribution in [0.3, 0.4) is 0 Å². The van der Waals surface area contributed by atoms with Crippen LogP contribution in [-0.2, 0) is 9.53 Å². The van der Waals surface area contributed by atoms with Crippen molar-refractivity contribution in [2.24, 2.45) is 11.8 Å². The van der Waals surface area contributed by atoms with Crippen LogP contribution < -0.4 is 21.5 Å². The van der Waals surface area contributed by atoms with Gasteiger partial charge in [-0.15, -0.1) is 0 Å². The van der Waals surface area contributed by atoms with Crippen molar-refractivity contribution in [1.82, 2.24) is 3.44 Å². The molecule has 7 nitrogen and oxygen atoms in total. The van der Waals surface area contributed by atoms with E-state index in [-0.39, 0.29) is 34.5 Å². The van der Waals surface area contributed by atoms with Crippen molar-refractivity contribution in [3.63, 3.8) is 0 Å². The predicted octanol–water partition coefficient (Wildman–Crippen LogP) is -2.05. The fraction of sp³-hybridized carbons (Fsp3) is 0.643. The molecule has 22 heavy (non-hydrogen) atoms. The fourth-order valence-electron chi connectivity index (χ4n) is 2.06. The minimum Gasteiger partial charge on any atom is -0.394 e. The number of carbonyl (C=O) groups is 1. The molecule has 0 radical (unpaired) electrons. The second kappa shape index (κ2) is 10.3. The number of rotatable bonds is 9. The maximum atomic E-state index is 12.0. The zero-order chi connectivity index (χ0) is 16.5. The van der Waals surface area contributed by atoms with E-state index in [4.69, 9.17) is 15.1 Å². The van der Waals surface area contributed by atoms with Gasteiger partial charge in [0.25, 0.3) is 0 Å². The van der Waals surface area contributed by atoms with Crippen LogP contribution in [0.5, 0.6) is 0 Å². The molecule has 8 heteroatoms. The molecule has 0 aromatic carbocycles. The van der Waals surface area contributed by atoms with Gasteiger partial charge in [-0.3, -0.25) is 0 Å². The van der Waals surface area contributed by atoms with E-state index in [1.165, 1.54) is 0 Å². The number of allylic oxidation sites excluding steroid dienone is 3. The molecule has 0 aromatic rings. The van der Waals surface area contributed by atoms with Gasteiger partial charge in [0.1, 0.15) is 0 Å². The zero-order valence-electron chi connectivity index (χ0n) is 12.4. The molecule has 0 fully saturated rings. The minimum absolute atomic E-state index is 0.0405. The van der Waals surface area contributed by atoms with Gasteiger partial charge in [-0.1, -0.05) is 0 Å². The fourth-order valence-corrected chi connectivity index (χ4v) is 3.63. The Labute approximate surface area is 140 Å².